The molecule has 0 nitrogen and oxygen atoms in total. The molecule has 0 aromatic rings. The summed E-state index contributed by atoms with van der Waals surface area (Å²) in [7, 11) is 0. The largest absolute Gasteiger partial charge is 0.460 e. The maximum atomic E-state index is 13.3. The van der Waals surface area contributed by atoms with E-state index < -0.39 is 65.4 Å². The molecule has 35 heavy (non-hydrogen) atoms. The Morgan fingerprint density at radius 2 is 0.371 bits per heavy atom. The standard InChI is InChI=1S/C12H2F23/c1-2(13,14)3(15,16)4(17,18)5(19,20)6(21,22)7(23,24)8(25,26)9(27,28)10(29,30)11(31,32)12(33,34)35/h1H2. The van der Waals surface area contributed by atoms with Crippen LogP contribution in [0, 0.1) is 6.92 Å². The molecule has 211 valence electrons. The highest BCUT2D eigenvalue weighted by molar-refractivity contribution is 5.19. The summed E-state index contributed by atoms with van der Waals surface area (Å²) in [5.74, 6) is -87.4. The minimum atomic E-state index is -9.37. The molecular formula is C12H2F23. The van der Waals surface area contributed by atoms with E-state index in [1.54, 1.807) is 0 Å². The van der Waals surface area contributed by atoms with Crippen molar-refractivity contribution in [1.82, 2.24) is 0 Å². The number of rotatable bonds is 9. The van der Waals surface area contributed by atoms with Gasteiger partial charge in [0, 0.05) is 6.92 Å². The summed E-state index contributed by atoms with van der Waals surface area (Å²) >= 11 is 0. The van der Waals surface area contributed by atoms with Gasteiger partial charge in [-0.1, -0.05) is 0 Å². The van der Waals surface area contributed by atoms with Crippen LogP contribution in [0.4, 0.5) is 101 Å². The van der Waals surface area contributed by atoms with Crippen LogP contribution in [0.25, 0.3) is 0 Å². The summed E-state index contributed by atoms with van der Waals surface area (Å²) in [6.07, 6.45) is -8.08. The van der Waals surface area contributed by atoms with Crippen LogP contribution in [0.5, 0.6) is 0 Å². The fourth-order valence-corrected chi connectivity index (χ4v) is 1.79. The van der Waals surface area contributed by atoms with E-state index in [2.05, 4.69) is 0 Å². The molecule has 0 saturated carbocycles. The molecule has 1 radical (unpaired) electrons. The van der Waals surface area contributed by atoms with Gasteiger partial charge in [-0.25, -0.2) is 0 Å². The third-order valence-corrected chi connectivity index (χ3v) is 3.97. The highest BCUT2D eigenvalue weighted by Gasteiger charge is 2.98. The molecule has 0 amide bonds. The van der Waals surface area contributed by atoms with Crippen LogP contribution in [0.3, 0.4) is 0 Å². The van der Waals surface area contributed by atoms with Crippen molar-refractivity contribution in [1.29, 1.82) is 0 Å². The quantitative estimate of drug-likeness (QED) is 0.244. The Morgan fingerprint density at radius 1 is 0.229 bits per heavy atom. The molecule has 0 aliphatic rings. The Hall–Kier alpha value is -1.61. The van der Waals surface area contributed by atoms with Gasteiger partial charge in [0.25, 0.3) is 0 Å². The lowest BCUT2D eigenvalue weighted by Crippen LogP contribution is -2.77. The van der Waals surface area contributed by atoms with Crippen LogP contribution in [-0.4, -0.2) is 65.4 Å². The summed E-state index contributed by atoms with van der Waals surface area (Å²) in [6.45, 7) is 0.750. The predicted molar refractivity (Wildman–Crippen MR) is 60.9 cm³/mol. The Labute approximate surface area is 175 Å². The molecule has 0 rings (SSSR count). The molecule has 0 heterocycles. The normalized spacial score (nSPS) is 17.1. The maximum absolute atomic E-state index is 13.3. The highest BCUT2D eigenvalue weighted by Crippen LogP contribution is 2.66. The van der Waals surface area contributed by atoms with Crippen molar-refractivity contribution < 1.29 is 101 Å². The van der Waals surface area contributed by atoms with Crippen molar-refractivity contribution in [3.05, 3.63) is 6.92 Å². The Morgan fingerprint density at radius 3 is 0.514 bits per heavy atom. The molecule has 0 aromatic heterocycles. The molecule has 0 atom stereocenters. The second kappa shape index (κ2) is 7.70. The molecule has 0 aromatic carbocycles. The van der Waals surface area contributed by atoms with Crippen LogP contribution >= 0.6 is 0 Å². The third kappa shape index (κ3) is 3.83. The maximum Gasteiger partial charge on any atom is 0.460 e. The fraction of sp³-hybridized carbons (Fsp3) is 0.917. The van der Waals surface area contributed by atoms with Gasteiger partial charge in [0.1, 0.15) is 0 Å². The molecule has 0 fully saturated rings. The first kappa shape index (κ1) is 33.4. The lowest BCUT2D eigenvalue weighted by atomic mass is 9.85. The SMILES string of the molecule is [CH2]C(F)(F)C(F)(F)C(F)(F)C(F)(F)C(F)(F)C(F)(F)C(F)(F)C(F)(F)C(F)(F)C(F)(F)C(F)(F)F. The third-order valence-electron chi connectivity index (χ3n) is 3.97. The van der Waals surface area contributed by atoms with Gasteiger partial charge in [0.05, 0.1) is 0 Å². The fourth-order valence-electron chi connectivity index (χ4n) is 1.79. The van der Waals surface area contributed by atoms with Crippen molar-refractivity contribution in [3.63, 3.8) is 0 Å². The molecule has 23 heteroatoms. The molecule has 0 aliphatic carbocycles. The van der Waals surface area contributed by atoms with E-state index in [1.807, 2.05) is 0 Å². The van der Waals surface area contributed by atoms with E-state index in [1.165, 1.54) is 0 Å². The lowest BCUT2D eigenvalue weighted by molar-refractivity contribution is -0.477. The first-order valence-corrected chi connectivity index (χ1v) is 7.20. The minimum absolute atomic E-state index is 0.750. The number of hydrogen-bond acceptors (Lipinski definition) is 0. The summed E-state index contributed by atoms with van der Waals surface area (Å²) in [4.78, 5) is 0. The van der Waals surface area contributed by atoms with E-state index >= 15 is 0 Å². The van der Waals surface area contributed by atoms with E-state index in [4.69, 9.17) is 0 Å². The van der Waals surface area contributed by atoms with Gasteiger partial charge in [-0.15, -0.1) is 0 Å². The number of halogens is 23. The molecular weight excluding hydrogens is 581 g/mol. The van der Waals surface area contributed by atoms with Crippen molar-refractivity contribution >= 4 is 0 Å². The average molecular weight is 583 g/mol. The van der Waals surface area contributed by atoms with E-state index in [0.29, 0.717) is 0 Å². The monoisotopic (exact) mass is 583 g/mol. The van der Waals surface area contributed by atoms with Gasteiger partial charge in [-0.3, -0.25) is 0 Å². The number of alkyl halides is 23. The molecule has 0 aliphatic heterocycles. The first-order chi connectivity index (χ1) is 14.5. The van der Waals surface area contributed by atoms with E-state index in [0.717, 1.165) is 6.92 Å². The van der Waals surface area contributed by atoms with Gasteiger partial charge >= 0.3 is 65.4 Å². The van der Waals surface area contributed by atoms with Crippen molar-refractivity contribution in [2.45, 2.75) is 65.4 Å². The number of hydrogen-bond donors (Lipinski definition) is 0. The zero-order valence-electron chi connectivity index (χ0n) is 14.9. The van der Waals surface area contributed by atoms with Crippen molar-refractivity contribution in [3.8, 4) is 0 Å². The summed E-state index contributed by atoms with van der Waals surface area (Å²) < 4.78 is 295. The van der Waals surface area contributed by atoms with Gasteiger partial charge in [0.15, 0.2) is 0 Å². The van der Waals surface area contributed by atoms with Crippen LogP contribution in [0.1, 0.15) is 0 Å². The summed E-state index contributed by atoms with van der Waals surface area (Å²) in [5.41, 5.74) is 0. The zero-order chi connectivity index (χ0) is 29.5. The van der Waals surface area contributed by atoms with Gasteiger partial charge in [-0.2, -0.15) is 101 Å². The molecule has 0 N–H and O–H groups in total. The molecule has 0 unspecified atom stereocenters. The zero-order valence-corrected chi connectivity index (χ0v) is 14.9. The highest BCUT2D eigenvalue weighted by atomic mass is 19.4. The smallest absolute Gasteiger partial charge is 0.200 e. The molecule has 0 bridgehead atoms. The average Bonchev–Trinajstić information content (AvgIpc) is 2.58. The van der Waals surface area contributed by atoms with Crippen molar-refractivity contribution in [2.75, 3.05) is 0 Å². The second-order valence-electron chi connectivity index (χ2n) is 6.37. The van der Waals surface area contributed by atoms with Crippen LogP contribution in [0.2, 0.25) is 0 Å². The lowest BCUT2D eigenvalue weighted by Gasteiger charge is -2.45. The van der Waals surface area contributed by atoms with Gasteiger partial charge in [-0.05, 0) is 0 Å². The second-order valence-corrected chi connectivity index (χ2v) is 6.37. The predicted octanol–water partition coefficient (Wildman–Crippen LogP) is 7.74. The molecule has 0 saturated heterocycles. The Kier molecular flexibility index (Phi) is 7.34. The summed E-state index contributed by atoms with van der Waals surface area (Å²) in [5, 5.41) is 0. The van der Waals surface area contributed by atoms with E-state index in [-0.39, 0.29) is 0 Å². The van der Waals surface area contributed by atoms with Gasteiger partial charge < -0.3 is 0 Å². The minimum Gasteiger partial charge on any atom is -0.200 e. The van der Waals surface area contributed by atoms with Crippen LogP contribution in [-0.2, 0) is 0 Å². The van der Waals surface area contributed by atoms with Gasteiger partial charge in [0.2, 0.25) is 0 Å². The molecule has 0 spiro atoms. The first-order valence-electron chi connectivity index (χ1n) is 7.20. The van der Waals surface area contributed by atoms with Crippen LogP contribution < -0.4 is 0 Å². The Bertz CT molecular complexity index is 711. The topological polar surface area (TPSA) is 0 Å². The summed E-state index contributed by atoms with van der Waals surface area (Å²) in [6, 6.07) is 0. The Balaban J connectivity index is 7.15. The van der Waals surface area contributed by atoms with E-state index in [9.17, 15) is 101 Å². The van der Waals surface area contributed by atoms with Crippen molar-refractivity contribution in [2.24, 2.45) is 0 Å². The van der Waals surface area contributed by atoms with Crippen LogP contribution in [0.15, 0.2) is 0 Å².